The van der Waals surface area contributed by atoms with Crippen LogP contribution in [0.5, 0.6) is 0 Å². The quantitative estimate of drug-likeness (QED) is 0.611. The van der Waals surface area contributed by atoms with Crippen LogP contribution in [-0.2, 0) is 18.2 Å². The van der Waals surface area contributed by atoms with E-state index in [0.717, 1.165) is 12.8 Å². The van der Waals surface area contributed by atoms with Gasteiger partial charge >= 0.3 is 0 Å². The van der Waals surface area contributed by atoms with Crippen molar-refractivity contribution in [3.63, 3.8) is 0 Å². The van der Waals surface area contributed by atoms with Crippen LogP contribution in [0.2, 0.25) is 0 Å². The summed E-state index contributed by atoms with van der Waals surface area (Å²) >= 11 is 0. The molecule has 0 N–H and O–H groups in total. The lowest BCUT2D eigenvalue weighted by Crippen LogP contribution is -1.96. The molecule has 0 aromatic rings. The highest BCUT2D eigenvalue weighted by atomic mass is 31.2. The van der Waals surface area contributed by atoms with E-state index in [2.05, 4.69) is 0 Å². The zero-order valence-corrected chi connectivity index (χ0v) is 14.6. The van der Waals surface area contributed by atoms with Crippen molar-refractivity contribution < 1.29 is 18.2 Å². The first kappa shape index (κ1) is 20.7. The summed E-state index contributed by atoms with van der Waals surface area (Å²) in [6, 6.07) is 0. The van der Waals surface area contributed by atoms with E-state index in [0.29, 0.717) is 25.5 Å². The van der Waals surface area contributed by atoms with Crippen molar-refractivity contribution in [1.29, 1.82) is 0 Å². The maximum absolute atomic E-state index is 11.5. The first-order chi connectivity index (χ1) is 8.24. The summed E-state index contributed by atoms with van der Waals surface area (Å²) in [5, 5.41) is 0. The molecule has 0 aromatic heterocycles. The van der Waals surface area contributed by atoms with Gasteiger partial charge in [-0.1, -0.05) is 27.7 Å². The SMILES string of the molecule is CCCOP(=O)(CC)CC.CCCOP(C)(C)=O. The second-order valence-electron chi connectivity index (χ2n) is 4.37. The molecule has 0 rings (SSSR count). The van der Waals surface area contributed by atoms with Crippen molar-refractivity contribution in [2.24, 2.45) is 0 Å². The molecule has 0 aliphatic heterocycles. The van der Waals surface area contributed by atoms with Gasteiger partial charge in [0.2, 0.25) is 7.37 Å². The Morgan fingerprint density at radius 3 is 1.39 bits per heavy atom. The largest absolute Gasteiger partial charge is 0.329 e. The molecule has 112 valence electrons. The number of hydrogen-bond donors (Lipinski definition) is 0. The molecule has 6 heteroatoms. The van der Waals surface area contributed by atoms with Crippen molar-refractivity contribution in [1.82, 2.24) is 0 Å². The topological polar surface area (TPSA) is 52.6 Å². The van der Waals surface area contributed by atoms with Crippen molar-refractivity contribution >= 4 is 14.7 Å². The van der Waals surface area contributed by atoms with Gasteiger partial charge in [-0.2, -0.15) is 0 Å². The minimum atomic E-state index is -2.20. The summed E-state index contributed by atoms with van der Waals surface area (Å²) in [5.41, 5.74) is 0. The minimum absolute atomic E-state index is 0.615. The van der Waals surface area contributed by atoms with Gasteiger partial charge < -0.3 is 9.05 Å². The van der Waals surface area contributed by atoms with Gasteiger partial charge in [0.15, 0.2) is 7.37 Å². The van der Waals surface area contributed by atoms with E-state index in [9.17, 15) is 9.13 Å². The molecule has 4 nitrogen and oxygen atoms in total. The molecule has 0 atom stereocenters. The van der Waals surface area contributed by atoms with Crippen molar-refractivity contribution in [3.05, 3.63) is 0 Å². The van der Waals surface area contributed by atoms with Crippen LogP contribution in [0.1, 0.15) is 40.5 Å². The molecule has 0 aromatic carbocycles. The summed E-state index contributed by atoms with van der Waals surface area (Å²) in [5.74, 6) is 0. The van der Waals surface area contributed by atoms with E-state index in [4.69, 9.17) is 9.05 Å². The second-order valence-corrected chi connectivity index (χ2v) is 10.3. The van der Waals surface area contributed by atoms with Crippen LogP contribution in [0.15, 0.2) is 0 Å². The van der Waals surface area contributed by atoms with E-state index in [-0.39, 0.29) is 0 Å². The Morgan fingerprint density at radius 2 is 1.17 bits per heavy atom. The Morgan fingerprint density at radius 1 is 0.778 bits per heavy atom. The summed E-state index contributed by atoms with van der Waals surface area (Å²) < 4.78 is 32.4. The van der Waals surface area contributed by atoms with Crippen molar-refractivity contribution in [3.8, 4) is 0 Å². The molecule has 0 unspecified atom stereocenters. The van der Waals surface area contributed by atoms with Gasteiger partial charge in [-0.25, -0.2) is 0 Å². The van der Waals surface area contributed by atoms with Crippen LogP contribution in [0.3, 0.4) is 0 Å². The molecular weight excluding hydrogens is 270 g/mol. The Hall–Kier alpha value is 0.380. The standard InChI is InChI=1S/C7H17O2P.C5H13O2P/c1-4-7-9-10(8,5-2)6-3;1-4-5-7-8(2,3)6/h4-7H2,1-3H3;4-5H2,1-3H3. The molecule has 0 heterocycles. The van der Waals surface area contributed by atoms with Crippen LogP contribution in [0, 0.1) is 0 Å². The van der Waals surface area contributed by atoms with E-state index in [1.807, 2.05) is 27.7 Å². The molecule has 0 saturated heterocycles. The van der Waals surface area contributed by atoms with Gasteiger partial charge in [0, 0.05) is 25.7 Å². The van der Waals surface area contributed by atoms with Crippen molar-refractivity contribution in [2.45, 2.75) is 40.5 Å². The van der Waals surface area contributed by atoms with Crippen LogP contribution < -0.4 is 0 Å². The fourth-order valence-corrected chi connectivity index (χ4v) is 2.92. The maximum atomic E-state index is 11.5. The van der Waals surface area contributed by atoms with Gasteiger partial charge in [0.1, 0.15) is 0 Å². The second kappa shape index (κ2) is 11.2. The number of hydrogen-bond acceptors (Lipinski definition) is 4. The molecule has 0 radical (unpaired) electrons. The van der Waals surface area contributed by atoms with E-state index >= 15 is 0 Å². The minimum Gasteiger partial charge on any atom is -0.329 e. The van der Waals surface area contributed by atoms with Gasteiger partial charge in [-0.3, -0.25) is 9.13 Å². The highest BCUT2D eigenvalue weighted by Crippen LogP contribution is 2.45. The Balaban J connectivity index is 0. The van der Waals surface area contributed by atoms with E-state index in [1.165, 1.54) is 0 Å². The summed E-state index contributed by atoms with van der Waals surface area (Å²) in [6.07, 6.45) is 3.22. The predicted molar refractivity (Wildman–Crippen MR) is 80.6 cm³/mol. The van der Waals surface area contributed by atoms with Gasteiger partial charge in [0.25, 0.3) is 0 Å². The summed E-state index contributed by atoms with van der Waals surface area (Å²) in [7, 11) is -4.38. The highest BCUT2D eigenvalue weighted by Gasteiger charge is 2.15. The predicted octanol–water partition coefficient (Wildman–Crippen LogP) is 4.68. The van der Waals surface area contributed by atoms with E-state index < -0.39 is 14.7 Å². The first-order valence-corrected chi connectivity index (χ1v) is 11.2. The normalized spacial score (nSPS) is 11.9. The van der Waals surface area contributed by atoms with Crippen LogP contribution in [0.25, 0.3) is 0 Å². The molecule has 0 bridgehead atoms. The average molecular weight is 300 g/mol. The van der Waals surface area contributed by atoms with Crippen LogP contribution in [0.4, 0.5) is 0 Å². The first-order valence-electron chi connectivity index (χ1n) is 6.66. The highest BCUT2D eigenvalue weighted by molar-refractivity contribution is 7.58. The molecule has 0 spiro atoms. The lowest BCUT2D eigenvalue weighted by atomic mass is 10.5. The smallest absolute Gasteiger partial charge is 0.202 e. The van der Waals surface area contributed by atoms with Gasteiger partial charge in [0.05, 0.1) is 13.2 Å². The Labute approximate surface area is 113 Å². The fraction of sp³-hybridized carbons (Fsp3) is 1.00. The molecule has 18 heavy (non-hydrogen) atoms. The third-order valence-corrected chi connectivity index (χ3v) is 5.49. The van der Waals surface area contributed by atoms with Crippen molar-refractivity contribution in [2.75, 3.05) is 38.9 Å². The zero-order valence-electron chi connectivity index (χ0n) is 12.8. The Bertz CT molecular complexity index is 265. The molecule has 0 fully saturated rings. The average Bonchev–Trinajstić information content (AvgIpc) is 2.33. The van der Waals surface area contributed by atoms with Crippen LogP contribution >= 0.6 is 14.7 Å². The fourth-order valence-electron chi connectivity index (χ4n) is 0.975. The lowest BCUT2D eigenvalue weighted by Gasteiger charge is -2.13. The van der Waals surface area contributed by atoms with Crippen LogP contribution in [-0.4, -0.2) is 38.9 Å². The maximum Gasteiger partial charge on any atom is 0.202 e. The molecule has 0 amide bonds. The monoisotopic (exact) mass is 300 g/mol. The lowest BCUT2D eigenvalue weighted by molar-refractivity contribution is 0.314. The number of rotatable bonds is 8. The third kappa shape index (κ3) is 14.4. The van der Waals surface area contributed by atoms with Gasteiger partial charge in [-0.05, 0) is 12.8 Å². The zero-order chi connectivity index (χ0) is 14.7. The van der Waals surface area contributed by atoms with Gasteiger partial charge in [-0.15, -0.1) is 0 Å². The summed E-state index contributed by atoms with van der Waals surface area (Å²) in [4.78, 5) is 0. The molecule has 0 aliphatic carbocycles. The molecular formula is C12H30O4P2. The molecule has 0 aliphatic rings. The third-order valence-electron chi connectivity index (χ3n) is 2.10. The van der Waals surface area contributed by atoms with E-state index in [1.54, 1.807) is 13.3 Å². The summed E-state index contributed by atoms with van der Waals surface area (Å²) in [6.45, 7) is 12.4. The Kier molecular flexibility index (Phi) is 12.9. The molecule has 0 saturated carbocycles.